The second kappa shape index (κ2) is 5.89. The average Bonchev–Trinajstić information content (AvgIpc) is 3.52. The summed E-state index contributed by atoms with van der Waals surface area (Å²) in [4.78, 5) is 40.3. The first-order valence-corrected chi connectivity index (χ1v) is 10.1. The molecule has 2 saturated carbocycles. The van der Waals surface area contributed by atoms with Crippen LogP contribution in [0.5, 0.6) is 5.75 Å². The van der Waals surface area contributed by atoms with Gasteiger partial charge in [0.25, 0.3) is 0 Å². The van der Waals surface area contributed by atoms with Crippen LogP contribution in [0.15, 0.2) is 66.7 Å². The topological polar surface area (TPSA) is 63.7 Å². The number of allylic oxidation sites excluding steroid dienone is 2. The maximum absolute atomic E-state index is 13.2. The van der Waals surface area contributed by atoms with Crippen molar-refractivity contribution < 1.29 is 19.1 Å². The molecule has 5 nitrogen and oxygen atoms in total. The van der Waals surface area contributed by atoms with Gasteiger partial charge in [-0.15, -0.1) is 0 Å². The van der Waals surface area contributed by atoms with Gasteiger partial charge in [0.15, 0.2) is 0 Å². The Morgan fingerprint density at radius 1 is 0.862 bits per heavy atom. The summed E-state index contributed by atoms with van der Waals surface area (Å²) in [6.45, 7) is 0. The van der Waals surface area contributed by atoms with Crippen LogP contribution in [0.1, 0.15) is 16.8 Å². The molecule has 1 heterocycles. The Kier molecular flexibility index (Phi) is 3.40. The molecule has 3 fully saturated rings. The van der Waals surface area contributed by atoms with Crippen LogP contribution in [0.4, 0.5) is 5.69 Å². The maximum atomic E-state index is 13.2. The monoisotopic (exact) mass is 385 g/mol. The van der Waals surface area contributed by atoms with Crippen LogP contribution < -0.4 is 9.64 Å². The third-order valence-electron chi connectivity index (χ3n) is 6.96. The Hall–Kier alpha value is -3.21. The number of ether oxygens (including phenoxy) is 1. The van der Waals surface area contributed by atoms with Crippen molar-refractivity contribution >= 4 is 23.5 Å². The number of carbonyl (C=O) groups excluding carboxylic acids is 3. The predicted molar refractivity (Wildman–Crippen MR) is 105 cm³/mol. The predicted octanol–water partition coefficient (Wildman–Crippen LogP) is 3.46. The van der Waals surface area contributed by atoms with Crippen molar-refractivity contribution in [1.29, 1.82) is 0 Å². The molecular formula is C24H19NO4. The number of nitrogens with zero attached hydrogens (tertiary/aromatic N) is 1. The van der Waals surface area contributed by atoms with Crippen molar-refractivity contribution in [3.05, 3.63) is 72.3 Å². The summed E-state index contributed by atoms with van der Waals surface area (Å²) in [7, 11) is 0. The Bertz CT molecular complexity index is 1040. The maximum Gasteiger partial charge on any atom is 0.343 e. The van der Waals surface area contributed by atoms with Crippen LogP contribution in [0.25, 0.3) is 0 Å². The average molecular weight is 385 g/mol. The highest BCUT2D eigenvalue weighted by Crippen LogP contribution is 2.65. The van der Waals surface area contributed by atoms with Gasteiger partial charge in [-0.1, -0.05) is 36.4 Å². The molecule has 7 rings (SSSR count). The molecule has 0 unspecified atom stereocenters. The van der Waals surface area contributed by atoms with Crippen molar-refractivity contribution in [2.45, 2.75) is 6.42 Å². The number of hydrogen-bond donors (Lipinski definition) is 0. The highest BCUT2D eigenvalue weighted by Gasteiger charge is 2.67. The number of esters is 1. The number of para-hydroxylation sites is 1. The van der Waals surface area contributed by atoms with Crippen molar-refractivity contribution in [2.75, 3.05) is 4.90 Å². The first-order chi connectivity index (χ1) is 14.1. The minimum absolute atomic E-state index is 0.127. The minimum Gasteiger partial charge on any atom is -0.423 e. The first kappa shape index (κ1) is 16.7. The molecule has 2 aromatic carbocycles. The van der Waals surface area contributed by atoms with Gasteiger partial charge in [-0.3, -0.25) is 9.59 Å². The van der Waals surface area contributed by atoms with Crippen LogP contribution in [0.2, 0.25) is 0 Å². The van der Waals surface area contributed by atoms with E-state index in [9.17, 15) is 14.4 Å². The number of carbonyl (C=O) groups is 3. The zero-order chi connectivity index (χ0) is 19.7. The normalized spacial score (nSPS) is 33.4. The lowest BCUT2D eigenvalue weighted by atomic mass is 9.63. The Morgan fingerprint density at radius 2 is 1.52 bits per heavy atom. The summed E-state index contributed by atoms with van der Waals surface area (Å²) in [6.07, 6.45) is 5.45. The number of benzene rings is 2. The molecule has 0 spiro atoms. The third kappa shape index (κ3) is 2.36. The number of rotatable bonds is 3. The Morgan fingerprint density at radius 3 is 2.17 bits per heavy atom. The Labute approximate surface area is 168 Å². The molecule has 29 heavy (non-hydrogen) atoms. The molecule has 4 aliphatic carbocycles. The zero-order valence-electron chi connectivity index (χ0n) is 15.6. The number of imide groups is 1. The van der Waals surface area contributed by atoms with Gasteiger partial charge in [0.1, 0.15) is 5.75 Å². The van der Waals surface area contributed by atoms with Crippen molar-refractivity contribution in [3.8, 4) is 5.75 Å². The van der Waals surface area contributed by atoms with Gasteiger partial charge in [-0.25, -0.2) is 9.69 Å². The van der Waals surface area contributed by atoms with Gasteiger partial charge >= 0.3 is 5.97 Å². The molecule has 5 aliphatic rings. The molecule has 2 aromatic rings. The lowest BCUT2D eigenvalue weighted by molar-refractivity contribution is -0.124. The molecule has 1 saturated heterocycles. The second-order valence-electron chi connectivity index (χ2n) is 8.42. The lowest BCUT2D eigenvalue weighted by Crippen LogP contribution is -2.40. The molecule has 2 bridgehead atoms. The summed E-state index contributed by atoms with van der Waals surface area (Å²) in [6, 6.07) is 15.4. The molecule has 6 atom stereocenters. The van der Waals surface area contributed by atoms with Gasteiger partial charge in [0, 0.05) is 0 Å². The van der Waals surface area contributed by atoms with E-state index in [0.717, 1.165) is 6.42 Å². The molecule has 5 heteroatoms. The van der Waals surface area contributed by atoms with E-state index in [4.69, 9.17) is 4.74 Å². The zero-order valence-corrected chi connectivity index (χ0v) is 15.6. The van der Waals surface area contributed by atoms with Crippen LogP contribution in [0, 0.1) is 35.5 Å². The SMILES string of the molecule is O=C(Oc1ccccc1)c1cccc(N2C(=O)[C@@H]3[C@H]4C=C[C@@H]([C@@H]5C[C@H]45)[C@@H]3C2=O)c1. The largest absolute Gasteiger partial charge is 0.423 e. The molecule has 1 aliphatic heterocycles. The van der Waals surface area contributed by atoms with Crippen molar-refractivity contribution in [2.24, 2.45) is 35.5 Å². The third-order valence-corrected chi connectivity index (χ3v) is 6.96. The van der Waals surface area contributed by atoms with E-state index in [-0.39, 0.29) is 35.5 Å². The smallest absolute Gasteiger partial charge is 0.343 e. The summed E-state index contributed by atoms with van der Waals surface area (Å²) in [5.74, 6) is 0.677. The first-order valence-electron chi connectivity index (χ1n) is 10.1. The van der Waals surface area contributed by atoms with E-state index >= 15 is 0 Å². The van der Waals surface area contributed by atoms with E-state index in [1.54, 1.807) is 48.5 Å². The van der Waals surface area contributed by atoms with E-state index in [2.05, 4.69) is 12.2 Å². The van der Waals surface area contributed by atoms with Gasteiger partial charge in [-0.05, 0) is 60.4 Å². The number of amides is 2. The second-order valence-corrected chi connectivity index (χ2v) is 8.42. The highest BCUT2D eigenvalue weighted by atomic mass is 16.5. The molecular weight excluding hydrogens is 366 g/mol. The molecule has 0 radical (unpaired) electrons. The van der Waals surface area contributed by atoms with Gasteiger partial charge in [0.2, 0.25) is 11.8 Å². The lowest BCUT2D eigenvalue weighted by Gasteiger charge is -2.37. The quantitative estimate of drug-likeness (QED) is 0.351. The van der Waals surface area contributed by atoms with Gasteiger partial charge in [-0.2, -0.15) is 0 Å². The highest BCUT2D eigenvalue weighted by molar-refractivity contribution is 6.23. The van der Waals surface area contributed by atoms with Crippen LogP contribution >= 0.6 is 0 Å². The molecule has 144 valence electrons. The fourth-order valence-electron chi connectivity index (χ4n) is 5.64. The van der Waals surface area contributed by atoms with Crippen LogP contribution in [0.3, 0.4) is 0 Å². The van der Waals surface area contributed by atoms with E-state index < -0.39 is 5.97 Å². The molecule has 0 aromatic heterocycles. The summed E-state index contributed by atoms with van der Waals surface area (Å²) in [5, 5.41) is 0. The summed E-state index contributed by atoms with van der Waals surface area (Å²) >= 11 is 0. The Balaban J connectivity index is 1.30. The standard InChI is InChI=1S/C24H19NO4/c26-22-20-16-9-10-17(19-12-18(16)19)21(20)23(27)25(22)14-6-4-5-13(11-14)24(28)29-15-7-2-1-3-8-15/h1-11,16-21H,12H2/t16-,17-,18-,19+,20-,21+/m0/s1. The van der Waals surface area contributed by atoms with Crippen LogP contribution in [-0.2, 0) is 9.59 Å². The summed E-state index contributed by atoms with van der Waals surface area (Å²) in [5.41, 5.74) is 0.760. The minimum atomic E-state index is -0.516. The van der Waals surface area contributed by atoms with E-state index in [0.29, 0.717) is 28.8 Å². The number of anilines is 1. The van der Waals surface area contributed by atoms with Crippen molar-refractivity contribution in [1.82, 2.24) is 0 Å². The number of hydrogen-bond acceptors (Lipinski definition) is 4. The van der Waals surface area contributed by atoms with E-state index in [1.165, 1.54) is 4.90 Å². The van der Waals surface area contributed by atoms with Gasteiger partial charge < -0.3 is 4.74 Å². The summed E-state index contributed by atoms with van der Waals surface area (Å²) < 4.78 is 5.39. The van der Waals surface area contributed by atoms with E-state index in [1.807, 2.05) is 6.07 Å². The molecule has 0 N–H and O–H groups in total. The fraction of sp³-hybridized carbons (Fsp3) is 0.292. The fourth-order valence-corrected chi connectivity index (χ4v) is 5.64. The van der Waals surface area contributed by atoms with Crippen molar-refractivity contribution in [3.63, 3.8) is 0 Å². The molecule has 2 amide bonds. The van der Waals surface area contributed by atoms with Gasteiger partial charge in [0.05, 0.1) is 23.1 Å². The van der Waals surface area contributed by atoms with Crippen LogP contribution in [-0.4, -0.2) is 17.8 Å².